The van der Waals surface area contributed by atoms with E-state index in [1.54, 1.807) is 11.8 Å². The second-order valence-electron chi connectivity index (χ2n) is 5.19. The maximum Gasteiger partial charge on any atom is 0.149 e. The normalized spacial score (nSPS) is 36.4. The van der Waals surface area contributed by atoms with Gasteiger partial charge in [0.2, 0.25) is 0 Å². The standard InChI is InChI=1S/C13H21N3S/c1-3-6-12(14)8-5-10-11(9-12)17-13(15,16-10)7-4-2/h2,16H,3,5-9,14-15H2,1H3. The average molecular weight is 251 g/mol. The summed E-state index contributed by atoms with van der Waals surface area (Å²) in [6.45, 7) is 2.18. The Morgan fingerprint density at radius 3 is 2.94 bits per heavy atom. The van der Waals surface area contributed by atoms with Crippen molar-refractivity contribution in [2.24, 2.45) is 11.5 Å². The lowest BCUT2D eigenvalue weighted by atomic mass is 9.81. The quantitative estimate of drug-likeness (QED) is 0.670. The van der Waals surface area contributed by atoms with Crippen molar-refractivity contribution in [1.82, 2.24) is 5.32 Å². The van der Waals surface area contributed by atoms with Crippen LogP contribution in [-0.2, 0) is 0 Å². The molecule has 4 heteroatoms. The fraction of sp³-hybridized carbons (Fsp3) is 0.692. The van der Waals surface area contributed by atoms with Crippen LogP contribution in [0.5, 0.6) is 0 Å². The van der Waals surface area contributed by atoms with Crippen molar-refractivity contribution < 1.29 is 0 Å². The smallest absolute Gasteiger partial charge is 0.149 e. The van der Waals surface area contributed by atoms with E-state index >= 15 is 0 Å². The molecule has 1 heterocycles. The Morgan fingerprint density at radius 1 is 1.53 bits per heavy atom. The van der Waals surface area contributed by atoms with Crippen LogP contribution in [0.2, 0.25) is 0 Å². The van der Waals surface area contributed by atoms with E-state index in [1.807, 2.05) is 0 Å². The lowest BCUT2D eigenvalue weighted by Crippen LogP contribution is -2.46. The highest BCUT2D eigenvalue weighted by Crippen LogP contribution is 2.47. The molecule has 94 valence electrons. The molecule has 2 aliphatic rings. The van der Waals surface area contributed by atoms with Crippen LogP contribution in [0.15, 0.2) is 10.6 Å². The first-order valence-corrected chi connectivity index (χ1v) is 7.02. The van der Waals surface area contributed by atoms with Gasteiger partial charge in [-0.15, -0.1) is 12.3 Å². The number of thioether (sulfide) groups is 1. The third kappa shape index (κ3) is 2.62. The van der Waals surface area contributed by atoms with Gasteiger partial charge in [0.05, 0.1) is 6.42 Å². The first-order valence-electron chi connectivity index (χ1n) is 6.21. The molecule has 3 nitrogen and oxygen atoms in total. The van der Waals surface area contributed by atoms with Crippen LogP contribution in [0.1, 0.15) is 45.4 Å². The Morgan fingerprint density at radius 2 is 2.29 bits per heavy atom. The topological polar surface area (TPSA) is 64.1 Å². The van der Waals surface area contributed by atoms with Gasteiger partial charge in [0.15, 0.2) is 0 Å². The van der Waals surface area contributed by atoms with Gasteiger partial charge in [-0.3, -0.25) is 5.73 Å². The second kappa shape index (κ2) is 4.56. The van der Waals surface area contributed by atoms with Gasteiger partial charge in [0.1, 0.15) is 4.99 Å². The monoisotopic (exact) mass is 251 g/mol. The van der Waals surface area contributed by atoms with E-state index in [0.29, 0.717) is 6.42 Å². The lowest BCUT2D eigenvalue weighted by molar-refractivity contribution is 0.342. The molecule has 1 aliphatic carbocycles. The molecular formula is C13H21N3S. The van der Waals surface area contributed by atoms with Crippen molar-refractivity contribution in [1.29, 1.82) is 0 Å². The number of allylic oxidation sites excluding steroid dienone is 1. The van der Waals surface area contributed by atoms with Crippen LogP contribution in [0.4, 0.5) is 0 Å². The van der Waals surface area contributed by atoms with E-state index in [9.17, 15) is 0 Å². The Labute approximate surface area is 108 Å². The highest BCUT2D eigenvalue weighted by Gasteiger charge is 2.41. The van der Waals surface area contributed by atoms with E-state index < -0.39 is 4.99 Å². The summed E-state index contributed by atoms with van der Waals surface area (Å²) >= 11 is 1.67. The van der Waals surface area contributed by atoms with Crippen molar-refractivity contribution in [3.05, 3.63) is 10.6 Å². The van der Waals surface area contributed by atoms with Crippen molar-refractivity contribution in [3.63, 3.8) is 0 Å². The lowest BCUT2D eigenvalue weighted by Gasteiger charge is -2.33. The van der Waals surface area contributed by atoms with Crippen molar-refractivity contribution in [3.8, 4) is 12.3 Å². The first-order chi connectivity index (χ1) is 8.00. The third-order valence-electron chi connectivity index (χ3n) is 3.50. The highest BCUT2D eigenvalue weighted by atomic mass is 32.2. The molecule has 2 rings (SSSR count). The van der Waals surface area contributed by atoms with Crippen LogP contribution in [-0.4, -0.2) is 10.5 Å². The molecule has 2 unspecified atom stereocenters. The van der Waals surface area contributed by atoms with Crippen LogP contribution in [0.3, 0.4) is 0 Å². The summed E-state index contributed by atoms with van der Waals surface area (Å²) in [5.74, 6) is 2.64. The molecule has 0 radical (unpaired) electrons. The number of terminal acetylenes is 1. The van der Waals surface area contributed by atoms with E-state index in [0.717, 1.165) is 32.1 Å². The summed E-state index contributed by atoms with van der Waals surface area (Å²) in [6.07, 6.45) is 11.1. The van der Waals surface area contributed by atoms with E-state index in [-0.39, 0.29) is 5.54 Å². The van der Waals surface area contributed by atoms with E-state index in [1.165, 1.54) is 10.6 Å². The Kier molecular flexibility index (Phi) is 3.44. The van der Waals surface area contributed by atoms with Gasteiger partial charge in [-0.1, -0.05) is 25.1 Å². The predicted molar refractivity (Wildman–Crippen MR) is 73.8 cm³/mol. The van der Waals surface area contributed by atoms with Gasteiger partial charge in [0, 0.05) is 16.1 Å². The summed E-state index contributed by atoms with van der Waals surface area (Å²) in [6, 6.07) is 0. The van der Waals surface area contributed by atoms with Crippen molar-refractivity contribution in [2.75, 3.05) is 0 Å². The fourth-order valence-corrected chi connectivity index (χ4v) is 4.11. The minimum atomic E-state index is -0.503. The summed E-state index contributed by atoms with van der Waals surface area (Å²) in [7, 11) is 0. The largest absolute Gasteiger partial charge is 0.361 e. The van der Waals surface area contributed by atoms with Crippen LogP contribution in [0.25, 0.3) is 0 Å². The van der Waals surface area contributed by atoms with Gasteiger partial charge in [-0.25, -0.2) is 0 Å². The average Bonchev–Trinajstić information content (AvgIpc) is 2.53. The maximum absolute atomic E-state index is 6.43. The molecule has 0 aromatic heterocycles. The molecule has 17 heavy (non-hydrogen) atoms. The summed E-state index contributed by atoms with van der Waals surface area (Å²) in [4.78, 5) is 0.821. The molecule has 0 saturated carbocycles. The Balaban J connectivity index is 2.07. The summed E-state index contributed by atoms with van der Waals surface area (Å²) in [5.41, 5.74) is 13.9. The van der Waals surface area contributed by atoms with E-state index in [4.69, 9.17) is 17.9 Å². The van der Waals surface area contributed by atoms with Crippen LogP contribution < -0.4 is 16.8 Å². The minimum Gasteiger partial charge on any atom is -0.361 e. The summed E-state index contributed by atoms with van der Waals surface area (Å²) in [5, 5.41) is 3.37. The number of nitrogens with two attached hydrogens (primary N) is 2. The Bertz CT molecular complexity index is 385. The molecule has 1 aliphatic heterocycles. The fourth-order valence-electron chi connectivity index (χ4n) is 2.70. The molecule has 0 bridgehead atoms. The second-order valence-corrected chi connectivity index (χ2v) is 6.61. The van der Waals surface area contributed by atoms with Crippen LogP contribution >= 0.6 is 11.8 Å². The van der Waals surface area contributed by atoms with Gasteiger partial charge in [-0.2, -0.15) is 0 Å². The first kappa shape index (κ1) is 12.8. The van der Waals surface area contributed by atoms with Gasteiger partial charge in [0.25, 0.3) is 0 Å². The predicted octanol–water partition coefficient (Wildman–Crippen LogP) is 1.85. The molecule has 0 spiro atoms. The molecular weight excluding hydrogens is 230 g/mol. The summed E-state index contributed by atoms with van der Waals surface area (Å²) < 4.78 is 0. The molecule has 0 amide bonds. The molecule has 2 atom stereocenters. The Hall–Kier alpha value is -0.630. The number of hydrogen-bond donors (Lipinski definition) is 3. The molecule has 5 N–H and O–H groups in total. The number of nitrogens with one attached hydrogen (secondary N) is 1. The van der Waals surface area contributed by atoms with Crippen molar-refractivity contribution >= 4 is 11.8 Å². The van der Waals surface area contributed by atoms with E-state index in [2.05, 4.69) is 18.2 Å². The van der Waals surface area contributed by atoms with Gasteiger partial charge >= 0.3 is 0 Å². The highest BCUT2D eigenvalue weighted by molar-refractivity contribution is 8.04. The SMILES string of the molecule is C#CCC1(N)NC2=C(CC(N)(CCC)CC2)S1. The number of rotatable bonds is 3. The zero-order valence-corrected chi connectivity index (χ0v) is 11.2. The maximum atomic E-state index is 6.43. The van der Waals surface area contributed by atoms with Gasteiger partial charge < -0.3 is 11.1 Å². The third-order valence-corrected chi connectivity index (χ3v) is 4.75. The number of hydrogen-bond acceptors (Lipinski definition) is 4. The molecule has 0 aromatic rings. The zero-order valence-electron chi connectivity index (χ0n) is 10.4. The molecule has 0 fully saturated rings. The van der Waals surface area contributed by atoms with Crippen LogP contribution in [0, 0.1) is 12.3 Å². The molecule has 0 saturated heterocycles. The van der Waals surface area contributed by atoms with Gasteiger partial charge in [-0.05, 0) is 25.7 Å². The molecule has 0 aromatic carbocycles. The van der Waals surface area contributed by atoms with Crippen molar-refractivity contribution in [2.45, 2.75) is 56.0 Å². The zero-order chi connectivity index (χ0) is 12.5. The minimum absolute atomic E-state index is 0.0380.